The predicted octanol–water partition coefficient (Wildman–Crippen LogP) is 1.10. The molecule has 0 aromatic carbocycles. The van der Waals surface area contributed by atoms with E-state index >= 15 is 0 Å². The average Bonchev–Trinajstić information content (AvgIpc) is 2.72. The maximum Gasteiger partial charge on any atom is 0.274 e. The quantitative estimate of drug-likeness (QED) is 0.416. The van der Waals surface area contributed by atoms with Crippen molar-refractivity contribution >= 4 is 11.8 Å². The van der Waals surface area contributed by atoms with Gasteiger partial charge in [-0.15, -0.1) is 0 Å². The zero-order valence-corrected chi connectivity index (χ0v) is 11.1. The van der Waals surface area contributed by atoms with E-state index in [2.05, 4.69) is 15.8 Å². The molecular weight excluding hydrogens is 256 g/mol. The normalized spacial score (nSPS) is 11.3. The van der Waals surface area contributed by atoms with E-state index < -0.39 is 4.92 Å². The maximum atomic E-state index is 10.3. The van der Waals surface area contributed by atoms with E-state index in [4.69, 9.17) is 4.52 Å². The van der Waals surface area contributed by atoms with Gasteiger partial charge in [-0.3, -0.25) is 10.1 Å². The van der Waals surface area contributed by atoms with E-state index in [9.17, 15) is 10.1 Å². The minimum Gasteiger partial charge on any atom is -0.370 e. The van der Waals surface area contributed by atoms with Crippen molar-refractivity contribution in [2.24, 2.45) is 0 Å². The van der Waals surface area contributed by atoms with Crippen LogP contribution >= 0.6 is 11.8 Å². The van der Waals surface area contributed by atoms with Gasteiger partial charge < -0.3 is 15.2 Å². The lowest BCUT2D eigenvalue weighted by atomic mass is 10.4. The molecule has 0 aliphatic heterocycles. The number of nitrogens with zero attached hydrogens (tertiary/aromatic N) is 2. The zero-order valence-electron chi connectivity index (χ0n) is 10.3. The van der Waals surface area contributed by atoms with Gasteiger partial charge in [-0.1, -0.05) is 5.16 Å². The number of hydrogen-bond donors (Lipinski definition) is 2. The molecule has 1 aromatic heterocycles. The number of aromatic nitrogens is 1. The van der Waals surface area contributed by atoms with Gasteiger partial charge in [0.05, 0.1) is 10.6 Å². The summed E-state index contributed by atoms with van der Waals surface area (Å²) in [7, 11) is 1.63. The van der Waals surface area contributed by atoms with Crippen LogP contribution in [0.4, 0.5) is 0 Å². The summed E-state index contributed by atoms with van der Waals surface area (Å²) in [6.45, 7) is 2.49. The average molecular weight is 272 g/mol. The second kappa shape index (κ2) is 7.59. The van der Waals surface area contributed by atoms with Crippen LogP contribution in [0.1, 0.15) is 11.5 Å². The molecule has 0 aliphatic rings. The van der Waals surface area contributed by atoms with Crippen LogP contribution in [0.5, 0.6) is 0 Å². The number of hydrogen-bond acceptors (Lipinski definition) is 7. The van der Waals surface area contributed by atoms with Gasteiger partial charge in [0.15, 0.2) is 5.82 Å². The largest absolute Gasteiger partial charge is 0.370 e. The monoisotopic (exact) mass is 272 g/mol. The third-order valence-electron chi connectivity index (χ3n) is 1.99. The van der Waals surface area contributed by atoms with Crippen LogP contribution < -0.4 is 10.6 Å². The molecule has 0 amide bonds. The summed E-state index contributed by atoms with van der Waals surface area (Å²) in [5.41, 5.74) is 0.909. The Morgan fingerprint density at radius 1 is 1.72 bits per heavy atom. The van der Waals surface area contributed by atoms with E-state index in [0.717, 1.165) is 29.2 Å². The Morgan fingerprint density at radius 2 is 2.50 bits per heavy atom. The van der Waals surface area contributed by atoms with E-state index in [1.165, 1.54) is 0 Å². The van der Waals surface area contributed by atoms with Gasteiger partial charge in [-0.25, -0.2) is 0 Å². The van der Waals surface area contributed by atoms with Crippen LogP contribution in [-0.4, -0.2) is 29.4 Å². The first-order valence-corrected chi connectivity index (χ1v) is 6.54. The van der Waals surface area contributed by atoms with Gasteiger partial charge in [0.1, 0.15) is 5.76 Å². The van der Waals surface area contributed by atoms with Crippen molar-refractivity contribution in [1.82, 2.24) is 15.8 Å². The molecule has 0 saturated carbocycles. The van der Waals surface area contributed by atoms with Crippen LogP contribution in [0.2, 0.25) is 0 Å². The molecule has 0 spiro atoms. The van der Waals surface area contributed by atoms with Crippen molar-refractivity contribution < 1.29 is 9.45 Å². The molecule has 0 fully saturated rings. The molecule has 18 heavy (non-hydrogen) atoms. The highest BCUT2D eigenvalue weighted by molar-refractivity contribution is 7.98. The molecule has 1 heterocycles. The molecule has 8 heteroatoms. The molecule has 0 unspecified atom stereocenters. The van der Waals surface area contributed by atoms with Crippen LogP contribution in [-0.2, 0) is 5.75 Å². The summed E-state index contributed by atoms with van der Waals surface area (Å²) in [4.78, 5) is 9.77. The van der Waals surface area contributed by atoms with E-state index in [1.54, 1.807) is 18.8 Å². The fraction of sp³-hybridized carbons (Fsp3) is 0.500. The second-order valence-electron chi connectivity index (χ2n) is 3.49. The number of thioether (sulfide) groups is 1. The van der Waals surface area contributed by atoms with Crippen molar-refractivity contribution in [2.45, 2.75) is 12.7 Å². The number of rotatable bonds is 8. The van der Waals surface area contributed by atoms with Gasteiger partial charge in [0.2, 0.25) is 0 Å². The topological polar surface area (TPSA) is 93.2 Å². The summed E-state index contributed by atoms with van der Waals surface area (Å²) < 4.78 is 4.95. The summed E-state index contributed by atoms with van der Waals surface area (Å²) in [6.07, 6.45) is 0.908. The fourth-order valence-corrected chi connectivity index (χ4v) is 1.96. The summed E-state index contributed by atoms with van der Waals surface area (Å²) in [6, 6.07) is 1.89. The van der Waals surface area contributed by atoms with Crippen molar-refractivity contribution in [1.29, 1.82) is 0 Å². The molecule has 2 N–H and O–H groups in total. The van der Waals surface area contributed by atoms with Crippen LogP contribution in [0, 0.1) is 17.0 Å². The lowest BCUT2D eigenvalue weighted by Crippen LogP contribution is -2.26. The Hall–Kier alpha value is -1.70. The smallest absolute Gasteiger partial charge is 0.274 e. The Kier molecular flexibility index (Phi) is 6.06. The lowest BCUT2D eigenvalue weighted by Gasteiger charge is -2.06. The summed E-state index contributed by atoms with van der Waals surface area (Å²) >= 11 is 1.68. The Labute approximate surface area is 109 Å². The maximum absolute atomic E-state index is 10.3. The SMILES string of the molecule is CN/C(=C/[N+](=O)[O-])NCCSCc1cc(C)on1. The van der Waals surface area contributed by atoms with Crippen LogP contribution in [0.3, 0.4) is 0 Å². The molecule has 0 saturated heterocycles. The number of nitrogens with one attached hydrogen (secondary N) is 2. The number of aryl methyl sites for hydroxylation is 1. The summed E-state index contributed by atoms with van der Waals surface area (Å²) in [5, 5.41) is 19.8. The van der Waals surface area contributed by atoms with Gasteiger partial charge in [0, 0.05) is 31.2 Å². The predicted molar refractivity (Wildman–Crippen MR) is 69.5 cm³/mol. The highest BCUT2D eigenvalue weighted by atomic mass is 32.2. The standard InChI is InChI=1S/C10H16N4O3S/c1-8-5-9(13-17-8)7-18-4-3-12-10(11-2)6-14(15)16/h5-6,11-12H,3-4,7H2,1-2H3/b10-6-. The minimum absolute atomic E-state index is 0.401. The molecule has 0 atom stereocenters. The molecular formula is C10H16N4O3S. The fourth-order valence-electron chi connectivity index (χ4n) is 1.22. The molecule has 0 bridgehead atoms. The van der Waals surface area contributed by atoms with Crippen LogP contribution in [0.15, 0.2) is 22.6 Å². The third-order valence-corrected chi connectivity index (χ3v) is 2.99. The van der Waals surface area contributed by atoms with E-state index in [1.807, 2.05) is 13.0 Å². The highest BCUT2D eigenvalue weighted by Gasteiger charge is 2.01. The summed E-state index contributed by atoms with van der Waals surface area (Å²) in [5.74, 6) is 2.79. The third kappa shape index (κ3) is 5.58. The molecule has 0 radical (unpaired) electrons. The lowest BCUT2D eigenvalue weighted by molar-refractivity contribution is -0.404. The first-order chi connectivity index (χ1) is 8.61. The van der Waals surface area contributed by atoms with E-state index in [0.29, 0.717) is 12.4 Å². The molecule has 1 rings (SSSR count). The second-order valence-corrected chi connectivity index (χ2v) is 4.59. The van der Waals surface area contributed by atoms with Crippen molar-refractivity contribution in [3.63, 3.8) is 0 Å². The first-order valence-electron chi connectivity index (χ1n) is 5.38. The molecule has 1 aromatic rings. The Balaban J connectivity index is 2.16. The van der Waals surface area contributed by atoms with Crippen LogP contribution in [0.25, 0.3) is 0 Å². The number of nitro groups is 1. The first kappa shape index (κ1) is 14.4. The molecule has 0 aliphatic carbocycles. The zero-order chi connectivity index (χ0) is 13.4. The van der Waals surface area contributed by atoms with Gasteiger partial charge in [-0.05, 0) is 6.92 Å². The molecule has 7 nitrogen and oxygen atoms in total. The Morgan fingerprint density at radius 3 is 3.06 bits per heavy atom. The van der Waals surface area contributed by atoms with E-state index in [-0.39, 0.29) is 0 Å². The van der Waals surface area contributed by atoms with Crippen molar-refractivity contribution in [3.05, 3.63) is 39.7 Å². The van der Waals surface area contributed by atoms with Gasteiger partial charge in [-0.2, -0.15) is 11.8 Å². The van der Waals surface area contributed by atoms with Crippen molar-refractivity contribution in [3.8, 4) is 0 Å². The molecule has 100 valence electrons. The van der Waals surface area contributed by atoms with Gasteiger partial charge >= 0.3 is 0 Å². The highest BCUT2D eigenvalue weighted by Crippen LogP contribution is 2.11. The van der Waals surface area contributed by atoms with Gasteiger partial charge in [0.25, 0.3) is 6.20 Å². The Bertz CT molecular complexity index is 419. The van der Waals surface area contributed by atoms with Crippen molar-refractivity contribution in [2.75, 3.05) is 19.3 Å². The minimum atomic E-state index is -0.496.